The van der Waals surface area contributed by atoms with Gasteiger partial charge in [0, 0.05) is 11.6 Å². The molecule has 0 aromatic heterocycles. The van der Waals surface area contributed by atoms with Gasteiger partial charge in [-0.05, 0) is 31.0 Å². The largest absolute Gasteiger partial charge is 0.349 e. The van der Waals surface area contributed by atoms with Gasteiger partial charge in [0.25, 0.3) is 5.91 Å². The Kier molecular flexibility index (Phi) is 3.44. The topological polar surface area (TPSA) is 29.1 Å². The molecule has 4 heteroatoms. The maximum absolute atomic E-state index is 12.9. The smallest absolute Gasteiger partial charge is 0.251 e. The predicted octanol–water partition coefficient (Wildman–Crippen LogP) is 3.15. The van der Waals surface area contributed by atoms with Gasteiger partial charge in [0.05, 0.1) is 5.02 Å². The molecule has 0 atom stereocenters. The van der Waals surface area contributed by atoms with E-state index < -0.39 is 5.82 Å². The highest BCUT2D eigenvalue weighted by Crippen LogP contribution is 2.19. The number of nitrogens with one attached hydrogen (secondary N) is 1. The van der Waals surface area contributed by atoms with Crippen LogP contribution in [0.25, 0.3) is 0 Å². The van der Waals surface area contributed by atoms with Crippen molar-refractivity contribution in [2.24, 2.45) is 0 Å². The molecule has 1 N–H and O–H groups in total. The molecule has 0 spiro atoms. The Balaban J connectivity index is 2.05. The average molecular weight is 242 g/mol. The lowest BCUT2D eigenvalue weighted by Crippen LogP contribution is -2.32. The first-order valence-corrected chi connectivity index (χ1v) is 5.80. The van der Waals surface area contributed by atoms with E-state index in [-0.39, 0.29) is 17.0 Å². The summed E-state index contributed by atoms with van der Waals surface area (Å²) >= 11 is 5.62. The van der Waals surface area contributed by atoms with Crippen molar-refractivity contribution in [1.82, 2.24) is 5.32 Å². The molecule has 0 heterocycles. The molecule has 1 aliphatic carbocycles. The first kappa shape index (κ1) is 11.4. The van der Waals surface area contributed by atoms with Gasteiger partial charge in [-0.2, -0.15) is 0 Å². The second-order valence-corrected chi connectivity index (χ2v) is 4.49. The van der Waals surface area contributed by atoms with Crippen LogP contribution in [0.2, 0.25) is 5.02 Å². The van der Waals surface area contributed by atoms with Gasteiger partial charge < -0.3 is 5.32 Å². The molecule has 2 nitrogen and oxygen atoms in total. The monoisotopic (exact) mass is 241 g/mol. The minimum atomic E-state index is -0.501. The van der Waals surface area contributed by atoms with Crippen LogP contribution in [0.15, 0.2) is 18.2 Å². The summed E-state index contributed by atoms with van der Waals surface area (Å²) in [6.45, 7) is 0. The van der Waals surface area contributed by atoms with E-state index in [0.29, 0.717) is 5.56 Å². The summed E-state index contributed by atoms with van der Waals surface area (Å²) in [5, 5.41) is 2.91. The third-order valence-electron chi connectivity index (χ3n) is 2.87. The van der Waals surface area contributed by atoms with Gasteiger partial charge in [0.15, 0.2) is 0 Å². The van der Waals surface area contributed by atoms with Crippen LogP contribution < -0.4 is 5.32 Å². The van der Waals surface area contributed by atoms with E-state index in [1.165, 1.54) is 18.2 Å². The van der Waals surface area contributed by atoms with Crippen LogP contribution >= 0.6 is 11.6 Å². The molecule has 16 heavy (non-hydrogen) atoms. The van der Waals surface area contributed by atoms with Gasteiger partial charge in [-0.15, -0.1) is 0 Å². The van der Waals surface area contributed by atoms with Crippen molar-refractivity contribution < 1.29 is 9.18 Å². The van der Waals surface area contributed by atoms with Gasteiger partial charge in [0.2, 0.25) is 0 Å². The second kappa shape index (κ2) is 4.83. The summed E-state index contributed by atoms with van der Waals surface area (Å²) in [7, 11) is 0. The Hall–Kier alpha value is -1.09. The lowest BCUT2D eigenvalue weighted by atomic mass is 10.2. The average Bonchev–Trinajstić information content (AvgIpc) is 2.74. The molecule has 1 aromatic rings. The maximum atomic E-state index is 12.9. The Morgan fingerprint density at radius 1 is 1.38 bits per heavy atom. The van der Waals surface area contributed by atoms with Crippen molar-refractivity contribution in [2.75, 3.05) is 0 Å². The van der Waals surface area contributed by atoms with Crippen LogP contribution in [0.5, 0.6) is 0 Å². The van der Waals surface area contributed by atoms with E-state index in [1.807, 2.05) is 0 Å². The van der Waals surface area contributed by atoms with Crippen LogP contribution in [0.1, 0.15) is 36.0 Å². The van der Waals surface area contributed by atoms with E-state index in [4.69, 9.17) is 11.6 Å². The minimum absolute atomic E-state index is 0.0147. The van der Waals surface area contributed by atoms with E-state index in [9.17, 15) is 9.18 Å². The van der Waals surface area contributed by atoms with Gasteiger partial charge in [-0.3, -0.25) is 4.79 Å². The molecule has 86 valence electrons. The Morgan fingerprint density at radius 3 is 2.69 bits per heavy atom. The van der Waals surface area contributed by atoms with E-state index >= 15 is 0 Å². The molecule has 1 amide bonds. The van der Waals surface area contributed by atoms with Crippen molar-refractivity contribution in [2.45, 2.75) is 31.7 Å². The van der Waals surface area contributed by atoms with Crippen LogP contribution in [0.3, 0.4) is 0 Å². The predicted molar refractivity (Wildman–Crippen MR) is 61.1 cm³/mol. The molecule has 0 bridgehead atoms. The maximum Gasteiger partial charge on any atom is 0.251 e. The van der Waals surface area contributed by atoms with Crippen molar-refractivity contribution in [1.29, 1.82) is 0 Å². The number of hydrogen-bond acceptors (Lipinski definition) is 1. The fraction of sp³-hybridized carbons (Fsp3) is 0.417. The van der Waals surface area contributed by atoms with E-state index in [0.717, 1.165) is 25.7 Å². The highest BCUT2D eigenvalue weighted by Gasteiger charge is 2.18. The summed E-state index contributed by atoms with van der Waals surface area (Å²) < 4.78 is 12.9. The SMILES string of the molecule is O=C(NC1CCCC1)c1ccc(F)c(Cl)c1. The lowest BCUT2D eigenvalue weighted by molar-refractivity contribution is 0.0938. The quantitative estimate of drug-likeness (QED) is 0.847. The molecule has 1 fully saturated rings. The van der Waals surface area contributed by atoms with Crippen LogP contribution in [-0.2, 0) is 0 Å². The highest BCUT2D eigenvalue weighted by atomic mass is 35.5. The second-order valence-electron chi connectivity index (χ2n) is 4.08. The molecule has 0 saturated heterocycles. The number of benzene rings is 1. The standard InChI is InChI=1S/C12H13ClFNO/c13-10-7-8(5-6-11(10)14)12(16)15-9-3-1-2-4-9/h5-7,9H,1-4H2,(H,15,16). The van der Waals surface area contributed by atoms with E-state index in [2.05, 4.69) is 5.32 Å². The third kappa shape index (κ3) is 2.53. The van der Waals surface area contributed by atoms with Crippen LogP contribution in [0, 0.1) is 5.82 Å². The molecule has 1 aromatic carbocycles. The minimum Gasteiger partial charge on any atom is -0.349 e. The molecule has 2 rings (SSSR count). The molecule has 0 radical (unpaired) electrons. The Labute approximate surface area is 98.8 Å². The zero-order valence-electron chi connectivity index (χ0n) is 8.80. The van der Waals surface area contributed by atoms with E-state index in [1.54, 1.807) is 0 Å². The fourth-order valence-electron chi connectivity index (χ4n) is 1.98. The number of hydrogen-bond donors (Lipinski definition) is 1. The third-order valence-corrected chi connectivity index (χ3v) is 3.16. The number of halogens is 2. The first-order valence-electron chi connectivity index (χ1n) is 5.43. The van der Waals surface area contributed by atoms with Gasteiger partial charge in [-0.25, -0.2) is 4.39 Å². The molecule has 1 aliphatic rings. The van der Waals surface area contributed by atoms with Gasteiger partial charge >= 0.3 is 0 Å². The van der Waals surface area contributed by atoms with Crippen molar-refractivity contribution in [3.05, 3.63) is 34.6 Å². The molecular weight excluding hydrogens is 229 g/mol. The van der Waals surface area contributed by atoms with Crippen LogP contribution in [-0.4, -0.2) is 11.9 Å². The summed E-state index contributed by atoms with van der Waals surface area (Å²) in [5.74, 6) is -0.673. The van der Waals surface area contributed by atoms with Crippen molar-refractivity contribution in [3.63, 3.8) is 0 Å². The van der Waals surface area contributed by atoms with Crippen molar-refractivity contribution in [3.8, 4) is 0 Å². The summed E-state index contributed by atoms with van der Waals surface area (Å²) in [4.78, 5) is 11.8. The number of rotatable bonds is 2. The lowest BCUT2D eigenvalue weighted by Gasteiger charge is -2.11. The molecular formula is C12H13ClFNO. The molecule has 0 aliphatic heterocycles. The van der Waals surface area contributed by atoms with Crippen molar-refractivity contribution >= 4 is 17.5 Å². The Bertz CT molecular complexity index is 402. The van der Waals surface area contributed by atoms with Gasteiger partial charge in [-0.1, -0.05) is 24.4 Å². The van der Waals surface area contributed by atoms with Gasteiger partial charge in [0.1, 0.15) is 5.82 Å². The zero-order valence-corrected chi connectivity index (χ0v) is 9.56. The number of carbonyl (C=O) groups is 1. The number of carbonyl (C=O) groups excluding carboxylic acids is 1. The summed E-state index contributed by atoms with van der Waals surface area (Å²) in [6.07, 6.45) is 4.38. The summed E-state index contributed by atoms with van der Waals surface area (Å²) in [6, 6.07) is 4.29. The summed E-state index contributed by atoms with van der Waals surface area (Å²) in [5.41, 5.74) is 0.415. The fourth-order valence-corrected chi connectivity index (χ4v) is 2.16. The normalized spacial score (nSPS) is 16.4. The molecule has 1 saturated carbocycles. The first-order chi connectivity index (χ1) is 7.66. The zero-order chi connectivity index (χ0) is 11.5. The highest BCUT2D eigenvalue weighted by molar-refractivity contribution is 6.31. The molecule has 0 unspecified atom stereocenters. The van der Waals surface area contributed by atoms with Crippen LogP contribution in [0.4, 0.5) is 4.39 Å². The Morgan fingerprint density at radius 2 is 2.06 bits per heavy atom. The number of amides is 1.